The number of carbonyl (C=O) groups is 2. The third-order valence-corrected chi connectivity index (χ3v) is 8.37. The number of carbonyl (C=O) groups excluding carboxylic acids is 2. The van der Waals surface area contributed by atoms with Gasteiger partial charge in [0.2, 0.25) is 0 Å². The topological polar surface area (TPSA) is 66.4 Å². The van der Waals surface area contributed by atoms with Crippen LogP contribution in [0.15, 0.2) is 24.5 Å². The molecule has 0 radical (unpaired) electrons. The molecule has 188 valence electrons. The molecule has 6 nitrogen and oxygen atoms in total. The van der Waals surface area contributed by atoms with Crippen LogP contribution in [0.2, 0.25) is 10.0 Å². The SMILES string of the molecule is CCC(=O)C1CCN(C2CCN(C(=O)c3ncnc(CCc4ccc(Cl)c(Cl)c4)c3C)CC2)CC1. The highest BCUT2D eigenvalue weighted by Crippen LogP contribution is 2.26. The number of benzene rings is 1. The molecule has 2 saturated heterocycles. The van der Waals surface area contributed by atoms with Gasteiger partial charge in [-0.3, -0.25) is 9.59 Å². The maximum Gasteiger partial charge on any atom is 0.272 e. The molecule has 0 N–H and O–H groups in total. The fraction of sp³-hybridized carbons (Fsp3) is 0.556. The molecule has 4 rings (SSSR count). The van der Waals surface area contributed by atoms with E-state index >= 15 is 0 Å². The summed E-state index contributed by atoms with van der Waals surface area (Å²) >= 11 is 12.2. The predicted octanol–water partition coefficient (Wildman–Crippen LogP) is 5.17. The zero-order valence-corrected chi connectivity index (χ0v) is 22.1. The van der Waals surface area contributed by atoms with E-state index in [0.29, 0.717) is 40.4 Å². The van der Waals surface area contributed by atoms with Gasteiger partial charge in [-0.25, -0.2) is 9.97 Å². The Bertz CT molecular complexity index is 1060. The number of halogens is 2. The molecule has 0 unspecified atom stereocenters. The molecule has 0 bridgehead atoms. The highest BCUT2D eigenvalue weighted by atomic mass is 35.5. The number of Topliss-reactive ketones (excluding diaryl/α,β-unsaturated/α-hetero) is 1. The van der Waals surface area contributed by atoms with Gasteiger partial charge >= 0.3 is 0 Å². The van der Waals surface area contributed by atoms with Gasteiger partial charge in [0.25, 0.3) is 5.91 Å². The van der Waals surface area contributed by atoms with Crippen molar-refractivity contribution in [1.82, 2.24) is 19.8 Å². The zero-order chi connectivity index (χ0) is 24.9. The van der Waals surface area contributed by atoms with Crippen LogP contribution < -0.4 is 0 Å². The van der Waals surface area contributed by atoms with E-state index in [9.17, 15) is 9.59 Å². The van der Waals surface area contributed by atoms with E-state index in [1.54, 1.807) is 6.07 Å². The number of rotatable bonds is 7. The van der Waals surface area contributed by atoms with Gasteiger partial charge in [-0.1, -0.05) is 36.2 Å². The first-order chi connectivity index (χ1) is 16.9. The van der Waals surface area contributed by atoms with Crippen molar-refractivity contribution in [3.63, 3.8) is 0 Å². The number of piperidine rings is 2. The minimum atomic E-state index is -0.00797. The maximum atomic E-state index is 13.3. The van der Waals surface area contributed by atoms with E-state index in [0.717, 1.165) is 75.1 Å². The van der Waals surface area contributed by atoms with E-state index in [1.165, 1.54) is 6.33 Å². The van der Waals surface area contributed by atoms with E-state index in [1.807, 2.05) is 30.9 Å². The van der Waals surface area contributed by atoms with Crippen LogP contribution in [0.5, 0.6) is 0 Å². The Hall–Kier alpha value is -2.02. The molecule has 0 atom stereocenters. The van der Waals surface area contributed by atoms with Crippen molar-refractivity contribution < 1.29 is 9.59 Å². The Morgan fingerprint density at radius 2 is 1.69 bits per heavy atom. The third kappa shape index (κ3) is 6.22. The summed E-state index contributed by atoms with van der Waals surface area (Å²) in [5.41, 5.74) is 3.31. The van der Waals surface area contributed by atoms with Gasteiger partial charge in [-0.15, -0.1) is 0 Å². The molecule has 1 aromatic carbocycles. The van der Waals surface area contributed by atoms with E-state index < -0.39 is 0 Å². The van der Waals surface area contributed by atoms with Crippen LogP contribution in [-0.2, 0) is 17.6 Å². The van der Waals surface area contributed by atoms with Crippen LogP contribution >= 0.6 is 23.2 Å². The normalized spacial score (nSPS) is 18.1. The van der Waals surface area contributed by atoms with Gasteiger partial charge in [0.05, 0.1) is 10.0 Å². The Kier molecular flexibility index (Phi) is 8.79. The molecule has 2 aromatic rings. The highest BCUT2D eigenvalue weighted by Gasteiger charge is 2.32. The molecule has 0 saturated carbocycles. The second kappa shape index (κ2) is 11.8. The second-order valence-corrected chi connectivity index (χ2v) is 10.5. The van der Waals surface area contributed by atoms with Crippen LogP contribution in [0.1, 0.15) is 66.3 Å². The number of ketones is 1. The summed E-state index contributed by atoms with van der Waals surface area (Å²) < 4.78 is 0. The Morgan fingerprint density at radius 1 is 0.971 bits per heavy atom. The quantitative estimate of drug-likeness (QED) is 0.507. The molecular formula is C27H34Cl2N4O2. The van der Waals surface area contributed by atoms with E-state index in [2.05, 4.69) is 14.9 Å². The lowest BCUT2D eigenvalue weighted by Gasteiger charge is -2.41. The first-order valence-electron chi connectivity index (χ1n) is 12.7. The molecule has 0 aliphatic carbocycles. The standard InChI is InChI=1S/C27H34Cl2N4O2/c1-3-25(34)20-8-12-32(13-9-20)21-10-14-33(15-11-21)27(35)26-18(2)24(30-17-31-26)7-5-19-4-6-22(28)23(29)16-19/h4,6,16-17,20-21H,3,5,7-15H2,1-2H3. The first-order valence-corrected chi connectivity index (χ1v) is 13.4. The molecule has 3 heterocycles. The molecular weight excluding hydrogens is 483 g/mol. The number of aromatic nitrogens is 2. The average Bonchev–Trinajstić information content (AvgIpc) is 2.89. The van der Waals surface area contributed by atoms with Crippen molar-refractivity contribution in [1.29, 1.82) is 0 Å². The minimum Gasteiger partial charge on any atom is -0.337 e. The van der Waals surface area contributed by atoms with Crippen LogP contribution in [-0.4, -0.2) is 63.7 Å². The van der Waals surface area contributed by atoms with Gasteiger partial charge in [0.15, 0.2) is 0 Å². The summed E-state index contributed by atoms with van der Waals surface area (Å²) in [5.74, 6) is 0.637. The molecule has 0 spiro atoms. The van der Waals surface area contributed by atoms with Gasteiger partial charge in [0.1, 0.15) is 17.8 Å². The smallest absolute Gasteiger partial charge is 0.272 e. The largest absolute Gasteiger partial charge is 0.337 e. The van der Waals surface area contributed by atoms with Crippen molar-refractivity contribution in [2.75, 3.05) is 26.2 Å². The van der Waals surface area contributed by atoms with Crippen molar-refractivity contribution in [2.24, 2.45) is 5.92 Å². The van der Waals surface area contributed by atoms with Gasteiger partial charge in [0, 0.05) is 42.7 Å². The number of amides is 1. The predicted molar refractivity (Wildman–Crippen MR) is 139 cm³/mol. The second-order valence-electron chi connectivity index (χ2n) is 9.70. The molecule has 8 heteroatoms. The summed E-state index contributed by atoms with van der Waals surface area (Å²) in [5, 5.41) is 1.09. The van der Waals surface area contributed by atoms with Crippen LogP contribution in [0.3, 0.4) is 0 Å². The van der Waals surface area contributed by atoms with Crippen LogP contribution in [0, 0.1) is 12.8 Å². The summed E-state index contributed by atoms with van der Waals surface area (Å²) in [4.78, 5) is 38.6. The third-order valence-electron chi connectivity index (χ3n) is 7.63. The van der Waals surface area contributed by atoms with Gasteiger partial charge in [-0.2, -0.15) is 0 Å². The summed E-state index contributed by atoms with van der Waals surface area (Å²) in [6.45, 7) is 7.34. The number of nitrogens with zero attached hydrogens (tertiary/aromatic N) is 4. The van der Waals surface area contributed by atoms with Crippen LogP contribution in [0.25, 0.3) is 0 Å². The lowest BCUT2D eigenvalue weighted by molar-refractivity contribution is -0.124. The molecule has 2 fully saturated rings. The van der Waals surface area contributed by atoms with Crippen molar-refractivity contribution in [3.8, 4) is 0 Å². The molecule has 2 aliphatic heterocycles. The Morgan fingerprint density at radius 3 is 2.34 bits per heavy atom. The van der Waals surface area contributed by atoms with Crippen molar-refractivity contribution in [3.05, 3.63) is 57.1 Å². The van der Waals surface area contributed by atoms with Crippen molar-refractivity contribution in [2.45, 2.75) is 64.8 Å². The molecule has 1 aromatic heterocycles. The summed E-state index contributed by atoms with van der Waals surface area (Å²) in [6, 6.07) is 6.13. The first kappa shape index (κ1) is 26.1. The van der Waals surface area contributed by atoms with Crippen LogP contribution in [0.4, 0.5) is 0 Å². The summed E-state index contributed by atoms with van der Waals surface area (Å²) in [6.07, 6.45) is 7.47. The minimum absolute atomic E-state index is 0.00797. The lowest BCUT2D eigenvalue weighted by atomic mass is 9.89. The maximum absolute atomic E-state index is 13.3. The van der Waals surface area contributed by atoms with Gasteiger partial charge in [-0.05, 0) is 76.2 Å². The van der Waals surface area contributed by atoms with Gasteiger partial charge < -0.3 is 9.80 Å². The van der Waals surface area contributed by atoms with E-state index in [4.69, 9.17) is 23.2 Å². The molecule has 2 aliphatic rings. The lowest BCUT2D eigenvalue weighted by Crippen LogP contribution is -2.49. The number of hydrogen-bond acceptors (Lipinski definition) is 5. The molecule has 1 amide bonds. The molecule has 35 heavy (non-hydrogen) atoms. The fourth-order valence-corrected chi connectivity index (χ4v) is 5.69. The number of likely N-dealkylation sites (tertiary alicyclic amines) is 2. The van der Waals surface area contributed by atoms with Crippen molar-refractivity contribution >= 4 is 34.9 Å². The van der Waals surface area contributed by atoms with E-state index in [-0.39, 0.29) is 11.8 Å². The fourth-order valence-electron chi connectivity index (χ4n) is 5.37. The average molecular weight is 518 g/mol. The number of aryl methyl sites for hydroxylation is 2. The monoisotopic (exact) mass is 516 g/mol. The Labute approximate surface area is 218 Å². The highest BCUT2D eigenvalue weighted by molar-refractivity contribution is 6.42. The summed E-state index contributed by atoms with van der Waals surface area (Å²) in [7, 11) is 0. The Balaban J connectivity index is 1.32. The zero-order valence-electron chi connectivity index (χ0n) is 20.6. The number of hydrogen-bond donors (Lipinski definition) is 0.